The van der Waals surface area contributed by atoms with Crippen LogP contribution in [0.2, 0.25) is 0 Å². The average molecular weight is 426 g/mol. The number of benzene rings is 3. The Balaban J connectivity index is 2.09. The predicted molar refractivity (Wildman–Crippen MR) is 111 cm³/mol. The number of carbonyl (C=O) groups excluding carboxylic acids is 1. The summed E-state index contributed by atoms with van der Waals surface area (Å²) in [5.41, 5.74) is 0.0955. The third-order valence-corrected chi connectivity index (χ3v) is 5.55. The number of hydrogen-bond acceptors (Lipinski definition) is 3. The molecule has 138 valence electrons. The van der Waals surface area contributed by atoms with E-state index in [1.54, 1.807) is 32.0 Å². The molecular formula is C22H20BrNO3. The molecule has 27 heavy (non-hydrogen) atoms. The molecule has 0 saturated heterocycles. The van der Waals surface area contributed by atoms with Crippen LogP contribution >= 0.6 is 15.9 Å². The lowest BCUT2D eigenvalue weighted by molar-refractivity contribution is -0.565. The Morgan fingerprint density at radius 1 is 1.07 bits per heavy atom. The number of nitro groups is 1. The molecule has 0 fully saturated rings. The maximum absolute atomic E-state index is 12.9. The third kappa shape index (κ3) is 3.93. The first-order valence-electron chi connectivity index (χ1n) is 8.71. The maximum atomic E-state index is 12.9. The van der Waals surface area contributed by atoms with Crippen LogP contribution in [0.1, 0.15) is 42.1 Å². The summed E-state index contributed by atoms with van der Waals surface area (Å²) in [7, 11) is 0. The molecule has 0 bridgehead atoms. The van der Waals surface area contributed by atoms with Gasteiger partial charge in [-0.1, -0.05) is 70.5 Å². The van der Waals surface area contributed by atoms with Crippen LogP contribution < -0.4 is 0 Å². The number of ketones is 1. The highest BCUT2D eigenvalue weighted by atomic mass is 79.9. The minimum Gasteiger partial charge on any atom is -0.294 e. The van der Waals surface area contributed by atoms with Crippen LogP contribution in [0.3, 0.4) is 0 Å². The number of rotatable bonds is 6. The molecule has 0 N–H and O–H groups in total. The van der Waals surface area contributed by atoms with Crippen molar-refractivity contribution in [2.75, 3.05) is 0 Å². The minimum atomic E-state index is -1.29. The van der Waals surface area contributed by atoms with Crippen molar-refractivity contribution < 1.29 is 9.72 Å². The molecule has 0 aliphatic rings. The van der Waals surface area contributed by atoms with Crippen molar-refractivity contribution in [2.24, 2.45) is 0 Å². The van der Waals surface area contributed by atoms with Gasteiger partial charge in [0, 0.05) is 35.2 Å². The minimum absolute atomic E-state index is 0.0679. The van der Waals surface area contributed by atoms with Gasteiger partial charge in [-0.3, -0.25) is 14.9 Å². The zero-order valence-corrected chi connectivity index (χ0v) is 16.8. The molecule has 3 aromatic rings. The monoisotopic (exact) mass is 425 g/mol. The quantitative estimate of drug-likeness (QED) is 0.275. The summed E-state index contributed by atoms with van der Waals surface area (Å²) in [5, 5.41) is 13.8. The van der Waals surface area contributed by atoms with Crippen LogP contribution in [-0.2, 0) is 0 Å². The highest BCUT2D eigenvalue weighted by Crippen LogP contribution is 2.38. The fourth-order valence-electron chi connectivity index (χ4n) is 3.39. The Kier molecular flexibility index (Phi) is 5.42. The average Bonchev–Trinajstić information content (AvgIpc) is 2.65. The van der Waals surface area contributed by atoms with Gasteiger partial charge in [-0.15, -0.1) is 0 Å². The number of hydrogen-bond donors (Lipinski definition) is 0. The van der Waals surface area contributed by atoms with Gasteiger partial charge in [-0.25, -0.2) is 0 Å². The molecule has 0 aliphatic heterocycles. The van der Waals surface area contributed by atoms with Gasteiger partial charge in [0.1, 0.15) is 0 Å². The van der Waals surface area contributed by atoms with Crippen molar-refractivity contribution in [3.05, 3.63) is 92.4 Å². The van der Waals surface area contributed by atoms with E-state index in [4.69, 9.17) is 0 Å². The van der Waals surface area contributed by atoms with Gasteiger partial charge in [0.15, 0.2) is 5.78 Å². The molecule has 1 atom stereocenters. The second kappa shape index (κ2) is 7.61. The highest BCUT2D eigenvalue weighted by Gasteiger charge is 2.43. The van der Waals surface area contributed by atoms with Gasteiger partial charge >= 0.3 is 0 Å². The van der Waals surface area contributed by atoms with Gasteiger partial charge in [0.2, 0.25) is 5.54 Å². The van der Waals surface area contributed by atoms with E-state index in [0.717, 1.165) is 20.8 Å². The molecule has 0 aliphatic carbocycles. The molecule has 0 radical (unpaired) electrons. The first-order chi connectivity index (χ1) is 12.8. The number of fused-ring (bicyclic) bond motifs is 1. The lowest BCUT2D eigenvalue weighted by atomic mass is 9.76. The number of nitrogens with zero attached hydrogens (tertiary/aromatic N) is 1. The summed E-state index contributed by atoms with van der Waals surface area (Å²) in [6.45, 7) is 3.18. The van der Waals surface area contributed by atoms with Crippen molar-refractivity contribution in [1.82, 2.24) is 0 Å². The van der Waals surface area contributed by atoms with Crippen molar-refractivity contribution in [2.45, 2.75) is 31.7 Å². The van der Waals surface area contributed by atoms with E-state index in [2.05, 4.69) is 15.9 Å². The zero-order valence-electron chi connectivity index (χ0n) is 15.2. The van der Waals surface area contributed by atoms with Crippen molar-refractivity contribution in [3.63, 3.8) is 0 Å². The summed E-state index contributed by atoms with van der Waals surface area (Å²) >= 11 is 3.38. The third-order valence-electron chi connectivity index (χ3n) is 5.06. The Hall–Kier alpha value is -2.53. The fourth-order valence-corrected chi connectivity index (χ4v) is 3.79. The maximum Gasteiger partial charge on any atom is 0.224 e. The van der Waals surface area contributed by atoms with Crippen molar-refractivity contribution in [3.8, 4) is 0 Å². The van der Waals surface area contributed by atoms with E-state index in [1.165, 1.54) is 0 Å². The Labute approximate surface area is 166 Å². The predicted octanol–water partition coefficient (Wildman–Crippen LogP) is 6.01. The Morgan fingerprint density at radius 3 is 2.44 bits per heavy atom. The van der Waals surface area contributed by atoms with Gasteiger partial charge in [-0.2, -0.15) is 0 Å². The van der Waals surface area contributed by atoms with E-state index in [-0.39, 0.29) is 17.1 Å². The van der Waals surface area contributed by atoms with Crippen LogP contribution in [0.25, 0.3) is 10.8 Å². The lowest BCUT2D eigenvalue weighted by Crippen LogP contribution is -2.39. The standard InChI is InChI=1S/C22H20BrNO3/c1-22(2,24(26)27)20(14-21(25)16-9-5-10-17(23)13-16)19-12-6-8-15-7-3-4-11-18(15)19/h3-13,20H,14H2,1-2H3. The van der Waals surface area contributed by atoms with Gasteiger partial charge in [-0.05, 0) is 28.5 Å². The molecule has 3 rings (SSSR count). The molecule has 0 amide bonds. The van der Waals surface area contributed by atoms with E-state index in [0.29, 0.717) is 5.56 Å². The van der Waals surface area contributed by atoms with E-state index in [9.17, 15) is 14.9 Å². The van der Waals surface area contributed by atoms with Crippen molar-refractivity contribution in [1.29, 1.82) is 0 Å². The summed E-state index contributed by atoms with van der Waals surface area (Å²) in [4.78, 5) is 24.5. The van der Waals surface area contributed by atoms with Crippen molar-refractivity contribution >= 4 is 32.5 Å². The topological polar surface area (TPSA) is 60.2 Å². The summed E-state index contributed by atoms with van der Waals surface area (Å²) in [5.74, 6) is -0.658. The molecule has 3 aromatic carbocycles. The molecule has 1 unspecified atom stereocenters. The zero-order chi connectivity index (χ0) is 19.6. The Bertz CT molecular complexity index is 1010. The van der Waals surface area contributed by atoms with Crippen LogP contribution in [0.15, 0.2) is 71.2 Å². The van der Waals surface area contributed by atoms with Gasteiger partial charge < -0.3 is 0 Å². The molecule has 5 heteroatoms. The van der Waals surface area contributed by atoms with Crippen LogP contribution in [0, 0.1) is 10.1 Å². The molecular weight excluding hydrogens is 406 g/mol. The highest BCUT2D eigenvalue weighted by molar-refractivity contribution is 9.10. The largest absolute Gasteiger partial charge is 0.294 e. The second-order valence-corrected chi connectivity index (χ2v) is 8.09. The molecule has 0 saturated carbocycles. The first-order valence-corrected chi connectivity index (χ1v) is 9.51. The van der Waals surface area contributed by atoms with Crippen LogP contribution in [0.4, 0.5) is 0 Å². The van der Waals surface area contributed by atoms with E-state index in [1.807, 2.05) is 48.5 Å². The fraction of sp³-hybridized carbons (Fsp3) is 0.227. The normalized spacial score (nSPS) is 12.7. The van der Waals surface area contributed by atoms with Gasteiger partial charge in [0.25, 0.3) is 0 Å². The molecule has 0 aromatic heterocycles. The van der Waals surface area contributed by atoms with Crippen LogP contribution in [-0.4, -0.2) is 16.2 Å². The Morgan fingerprint density at radius 2 is 1.74 bits per heavy atom. The SMILES string of the molecule is CC(C)(C(CC(=O)c1cccc(Br)c1)c1cccc2ccccc12)[N+](=O)[O-]. The molecule has 0 heterocycles. The molecule has 4 nitrogen and oxygen atoms in total. The summed E-state index contributed by atoms with van der Waals surface area (Å²) < 4.78 is 0.809. The van der Waals surface area contributed by atoms with E-state index >= 15 is 0 Å². The lowest BCUT2D eigenvalue weighted by Gasteiger charge is -2.28. The summed E-state index contributed by atoms with van der Waals surface area (Å²) in [6.07, 6.45) is 0.0679. The van der Waals surface area contributed by atoms with Gasteiger partial charge in [0.05, 0.1) is 5.92 Å². The van der Waals surface area contributed by atoms with Crippen LogP contribution in [0.5, 0.6) is 0 Å². The van der Waals surface area contributed by atoms with E-state index < -0.39 is 11.5 Å². The summed E-state index contributed by atoms with van der Waals surface area (Å²) in [6, 6.07) is 20.7. The number of Topliss-reactive ketones (excluding diaryl/α,β-unsaturated/α-hetero) is 1. The number of halogens is 1. The first kappa shape index (κ1) is 19.2. The second-order valence-electron chi connectivity index (χ2n) is 7.17. The molecule has 0 spiro atoms. The smallest absolute Gasteiger partial charge is 0.224 e. The number of carbonyl (C=O) groups is 1.